The van der Waals surface area contributed by atoms with Crippen molar-refractivity contribution in [2.75, 3.05) is 18.8 Å². The van der Waals surface area contributed by atoms with Crippen LogP contribution in [0.25, 0.3) is 0 Å². The van der Waals surface area contributed by atoms with Crippen LogP contribution in [0.2, 0.25) is 0 Å². The van der Waals surface area contributed by atoms with E-state index in [2.05, 4.69) is 20.0 Å². The molecule has 1 rings (SSSR count). The van der Waals surface area contributed by atoms with Crippen LogP contribution in [0.15, 0.2) is 12.4 Å². The smallest absolute Gasteiger partial charge is 0.213 e. The van der Waals surface area contributed by atoms with Gasteiger partial charge in [-0.2, -0.15) is 0 Å². The second-order valence-corrected chi connectivity index (χ2v) is 5.97. The Morgan fingerprint density at radius 1 is 1.22 bits per heavy atom. The van der Waals surface area contributed by atoms with Crippen molar-refractivity contribution >= 4 is 10.0 Å². The number of aromatic nitrogens is 2. The molecule has 0 unspecified atom stereocenters. The molecule has 1 aromatic heterocycles. The highest BCUT2D eigenvalue weighted by Crippen LogP contribution is 1.95. The molecule has 0 radical (unpaired) electrons. The number of nitrogens with zero attached hydrogens (tertiary/aromatic N) is 2. The van der Waals surface area contributed by atoms with Crippen molar-refractivity contribution in [2.24, 2.45) is 0 Å². The molecule has 0 saturated carbocycles. The van der Waals surface area contributed by atoms with E-state index in [1.165, 1.54) is 0 Å². The molecule has 2 N–H and O–H groups in total. The summed E-state index contributed by atoms with van der Waals surface area (Å²) in [7, 11) is -3.25. The van der Waals surface area contributed by atoms with E-state index in [1.807, 2.05) is 13.8 Å². The summed E-state index contributed by atoms with van der Waals surface area (Å²) in [5, 5.41) is 3.05. The quantitative estimate of drug-likeness (QED) is 0.661. The fourth-order valence-electron chi connectivity index (χ4n) is 1.27. The van der Waals surface area contributed by atoms with Crippen LogP contribution in [0, 0.1) is 6.92 Å². The molecule has 1 aromatic rings. The molecule has 0 bridgehead atoms. The van der Waals surface area contributed by atoms with E-state index in [4.69, 9.17) is 0 Å². The van der Waals surface area contributed by atoms with E-state index in [0.29, 0.717) is 12.2 Å². The summed E-state index contributed by atoms with van der Waals surface area (Å²) in [4.78, 5) is 8.14. The van der Waals surface area contributed by atoms with Crippen molar-refractivity contribution in [3.05, 3.63) is 23.8 Å². The molecule has 0 aliphatic heterocycles. The van der Waals surface area contributed by atoms with Crippen LogP contribution in [0.3, 0.4) is 0 Å². The molecular formula is C11H20N4O2S. The van der Waals surface area contributed by atoms with Crippen molar-refractivity contribution < 1.29 is 8.42 Å². The lowest BCUT2D eigenvalue weighted by molar-refractivity contribution is 0.575. The molecule has 102 valence electrons. The fourth-order valence-corrected chi connectivity index (χ4v) is 2.20. The summed E-state index contributed by atoms with van der Waals surface area (Å²) in [6.07, 6.45) is 4.19. The highest BCUT2D eigenvalue weighted by molar-refractivity contribution is 7.89. The van der Waals surface area contributed by atoms with E-state index >= 15 is 0 Å². The first-order valence-electron chi connectivity index (χ1n) is 5.99. The van der Waals surface area contributed by atoms with Crippen molar-refractivity contribution in [1.29, 1.82) is 0 Å². The normalized spacial score (nSPS) is 11.7. The van der Waals surface area contributed by atoms with Crippen LogP contribution in [-0.2, 0) is 16.6 Å². The Kier molecular flexibility index (Phi) is 6.17. The molecule has 7 heteroatoms. The van der Waals surface area contributed by atoms with Gasteiger partial charge >= 0.3 is 0 Å². The first-order valence-corrected chi connectivity index (χ1v) is 7.64. The molecular weight excluding hydrogens is 252 g/mol. The Labute approximate surface area is 108 Å². The maximum absolute atomic E-state index is 11.6. The molecule has 0 amide bonds. The first kappa shape index (κ1) is 15.0. The van der Waals surface area contributed by atoms with Crippen LogP contribution in [0.5, 0.6) is 0 Å². The second-order valence-electron chi connectivity index (χ2n) is 4.04. The van der Waals surface area contributed by atoms with Crippen molar-refractivity contribution in [3.63, 3.8) is 0 Å². The second kappa shape index (κ2) is 7.40. The van der Waals surface area contributed by atoms with Gasteiger partial charge in [0.1, 0.15) is 0 Å². The van der Waals surface area contributed by atoms with Gasteiger partial charge in [0, 0.05) is 12.7 Å². The van der Waals surface area contributed by atoms with Gasteiger partial charge in [-0.1, -0.05) is 6.92 Å². The Balaban J connectivity index is 2.34. The van der Waals surface area contributed by atoms with Crippen LogP contribution < -0.4 is 10.0 Å². The minimum Gasteiger partial charge on any atom is -0.316 e. The number of hydrogen-bond acceptors (Lipinski definition) is 5. The van der Waals surface area contributed by atoms with Gasteiger partial charge in [0.15, 0.2) is 0 Å². The summed E-state index contributed by atoms with van der Waals surface area (Å²) in [6.45, 7) is 5.35. The summed E-state index contributed by atoms with van der Waals surface area (Å²) < 4.78 is 25.8. The highest BCUT2D eigenvalue weighted by Gasteiger charge is 2.09. The lowest BCUT2D eigenvalue weighted by Crippen LogP contribution is -2.32. The molecule has 0 atom stereocenters. The van der Waals surface area contributed by atoms with Crippen molar-refractivity contribution in [3.8, 4) is 0 Å². The van der Waals surface area contributed by atoms with Gasteiger partial charge in [-0.3, -0.25) is 9.97 Å². The van der Waals surface area contributed by atoms with E-state index in [1.54, 1.807) is 12.4 Å². The first-order chi connectivity index (χ1) is 8.53. The van der Waals surface area contributed by atoms with Crippen LogP contribution in [0.1, 0.15) is 24.7 Å². The topological polar surface area (TPSA) is 84.0 Å². The third-order valence-electron chi connectivity index (χ3n) is 2.28. The minimum atomic E-state index is -3.25. The zero-order chi connectivity index (χ0) is 13.4. The zero-order valence-electron chi connectivity index (χ0n) is 10.8. The van der Waals surface area contributed by atoms with E-state index in [-0.39, 0.29) is 12.3 Å². The van der Waals surface area contributed by atoms with Gasteiger partial charge in [0.2, 0.25) is 10.0 Å². The molecule has 1 heterocycles. The summed E-state index contributed by atoms with van der Waals surface area (Å²) in [5.41, 5.74) is 1.43. The summed E-state index contributed by atoms with van der Waals surface area (Å²) in [5.74, 6) is 0.0757. The molecule has 0 aromatic carbocycles. The van der Waals surface area contributed by atoms with Crippen molar-refractivity contribution in [1.82, 2.24) is 20.0 Å². The molecule has 0 fully saturated rings. The minimum absolute atomic E-state index is 0.0757. The fraction of sp³-hybridized carbons (Fsp3) is 0.636. The SMILES string of the molecule is CCCNCCS(=O)(=O)NCc1cnc(C)cn1. The predicted octanol–water partition coefficient (Wildman–Crippen LogP) is 0.204. The maximum Gasteiger partial charge on any atom is 0.213 e. The zero-order valence-corrected chi connectivity index (χ0v) is 11.6. The van der Waals surface area contributed by atoms with E-state index in [9.17, 15) is 8.42 Å². The molecule has 0 aliphatic carbocycles. The Morgan fingerprint density at radius 3 is 2.61 bits per heavy atom. The monoisotopic (exact) mass is 272 g/mol. The molecule has 0 saturated heterocycles. The number of rotatable bonds is 8. The van der Waals surface area contributed by atoms with Gasteiger partial charge in [-0.15, -0.1) is 0 Å². The lowest BCUT2D eigenvalue weighted by atomic mass is 10.4. The van der Waals surface area contributed by atoms with E-state index in [0.717, 1.165) is 18.7 Å². The molecule has 6 nitrogen and oxygen atoms in total. The number of hydrogen-bond donors (Lipinski definition) is 2. The maximum atomic E-state index is 11.6. The van der Waals surface area contributed by atoms with E-state index < -0.39 is 10.0 Å². The third-order valence-corrected chi connectivity index (χ3v) is 3.61. The van der Waals surface area contributed by atoms with Gasteiger partial charge in [0.25, 0.3) is 0 Å². The van der Waals surface area contributed by atoms with Gasteiger partial charge in [-0.05, 0) is 19.9 Å². The Morgan fingerprint density at radius 2 is 2.00 bits per heavy atom. The third kappa shape index (κ3) is 6.04. The number of aryl methyl sites for hydroxylation is 1. The van der Waals surface area contributed by atoms with Crippen LogP contribution in [-0.4, -0.2) is 37.2 Å². The van der Waals surface area contributed by atoms with Gasteiger partial charge in [-0.25, -0.2) is 13.1 Å². The number of sulfonamides is 1. The predicted molar refractivity (Wildman–Crippen MR) is 70.6 cm³/mol. The van der Waals surface area contributed by atoms with Crippen LogP contribution in [0.4, 0.5) is 0 Å². The average molecular weight is 272 g/mol. The van der Waals surface area contributed by atoms with Crippen LogP contribution >= 0.6 is 0 Å². The van der Waals surface area contributed by atoms with Crippen molar-refractivity contribution in [2.45, 2.75) is 26.8 Å². The highest BCUT2D eigenvalue weighted by atomic mass is 32.2. The van der Waals surface area contributed by atoms with Gasteiger partial charge in [0.05, 0.1) is 29.9 Å². The Bertz CT molecular complexity index is 445. The Hall–Kier alpha value is -1.05. The summed E-state index contributed by atoms with van der Waals surface area (Å²) >= 11 is 0. The van der Waals surface area contributed by atoms with Gasteiger partial charge < -0.3 is 5.32 Å². The summed E-state index contributed by atoms with van der Waals surface area (Å²) in [6, 6.07) is 0. The molecule has 0 spiro atoms. The number of nitrogens with one attached hydrogen (secondary N) is 2. The average Bonchev–Trinajstić information content (AvgIpc) is 2.34. The standard InChI is InChI=1S/C11H20N4O2S/c1-3-4-12-5-6-18(16,17)15-9-11-8-13-10(2)7-14-11/h7-8,12,15H,3-6,9H2,1-2H3. The molecule has 0 aliphatic rings. The largest absolute Gasteiger partial charge is 0.316 e. The molecule has 18 heavy (non-hydrogen) atoms. The lowest BCUT2D eigenvalue weighted by Gasteiger charge is -2.07.